The van der Waals surface area contributed by atoms with Crippen molar-refractivity contribution in [1.29, 1.82) is 0 Å². The maximum Gasteiger partial charge on any atom is 0.247 e. The highest BCUT2D eigenvalue weighted by Gasteiger charge is 2.09. The summed E-state index contributed by atoms with van der Waals surface area (Å²) in [6, 6.07) is 11.3. The molecule has 0 saturated heterocycles. The lowest BCUT2D eigenvalue weighted by Crippen LogP contribution is -2.19. The maximum absolute atomic E-state index is 12.1. The number of rotatable bonds is 5. The molecule has 1 aromatic carbocycles. The normalized spacial score (nSPS) is 10.8. The van der Waals surface area contributed by atoms with Crippen molar-refractivity contribution in [3.8, 4) is 0 Å². The van der Waals surface area contributed by atoms with Crippen molar-refractivity contribution in [2.24, 2.45) is 0 Å². The Morgan fingerprint density at radius 2 is 1.92 bits per heavy atom. The Labute approximate surface area is 145 Å². The van der Waals surface area contributed by atoms with Crippen LogP contribution >= 0.6 is 11.6 Å². The third-order valence-corrected chi connectivity index (χ3v) is 3.83. The van der Waals surface area contributed by atoms with E-state index in [1.807, 2.05) is 54.9 Å². The fourth-order valence-corrected chi connectivity index (χ4v) is 2.50. The number of carbonyl (C=O) groups is 1. The first kappa shape index (κ1) is 16.3. The Morgan fingerprint density at radius 3 is 2.58 bits per heavy atom. The van der Waals surface area contributed by atoms with Gasteiger partial charge in [-0.2, -0.15) is 10.2 Å². The number of benzene rings is 1. The molecule has 0 spiro atoms. The summed E-state index contributed by atoms with van der Waals surface area (Å²) in [5.74, 6) is 0.379. The van der Waals surface area contributed by atoms with Crippen LogP contribution in [0.25, 0.3) is 0 Å². The first-order valence-electron chi connectivity index (χ1n) is 7.58. The van der Waals surface area contributed by atoms with Gasteiger partial charge in [0.1, 0.15) is 6.54 Å². The molecular formula is C17H18ClN5O. The molecule has 0 saturated carbocycles. The van der Waals surface area contributed by atoms with Crippen molar-refractivity contribution in [2.75, 3.05) is 5.32 Å². The molecule has 3 rings (SSSR count). The van der Waals surface area contributed by atoms with Gasteiger partial charge in [0.15, 0.2) is 5.82 Å². The minimum absolute atomic E-state index is 0.158. The number of carbonyl (C=O) groups excluding carboxylic acids is 1. The van der Waals surface area contributed by atoms with Crippen molar-refractivity contribution in [3.63, 3.8) is 0 Å². The number of anilines is 1. The van der Waals surface area contributed by atoms with Crippen LogP contribution in [0, 0.1) is 13.8 Å². The van der Waals surface area contributed by atoms with Crippen LogP contribution in [0.4, 0.5) is 5.82 Å². The van der Waals surface area contributed by atoms with E-state index in [1.165, 1.54) is 0 Å². The molecule has 1 N–H and O–H groups in total. The zero-order valence-electron chi connectivity index (χ0n) is 13.5. The molecule has 1 amide bonds. The van der Waals surface area contributed by atoms with Crippen molar-refractivity contribution >= 4 is 23.3 Å². The number of hydrogen-bond acceptors (Lipinski definition) is 3. The van der Waals surface area contributed by atoms with E-state index in [0.29, 0.717) is 17.4 Å². The van der Waals surface area contributed by atoms with E-state index in [1.54, 1.807) is 10.9 Å². The monoisotopic (exact) mass is 343 g/mol. The molecular weight excluding hydrogens is 326 g/mol. The molecule has 6 nitrogen and oxygen atoms in total. The highest BCUT2D eigenvalue weighted by molar-refractivity contribution is 6.30. The molecule has 0 bridgehead atoms. The van der Waals surface area contributed by atoms with E-state index in [4.69, 9.17) is 11.6 Å². The quantitative estimate of drug-likeness (QED) is 0.774. The Balaban J connectivity index is 1.65. The van der Waals surface area contributed by atoms with E-state index in [-0.39, 0.29) is 12.5 Å². The highest BCUT2D eigenvalue weighted by Crippen LogP contribution is 2.14. The van der Waals surface area contributed by atoms with Gasteiger partial charge >= 0.3 is 0 Å². The number of amides is 1. The third-order valence-electron chi connectivity index (χ3n) is 3.57. The molecule has 2 heterocycles. The predicted molar refractivity (Wildman–Crippen MR) is 93.1 cm³/mol. The fraction of sp³-hybridized carbons (Fsp3) is 0.235. The van der Waals surface area contributed by atoms with Crippen LogP contribution in [0.3, 0.4) is 0 Å². The molecule has 0 aliphatic rings. The third kappa shape index (κ3) is 4.02. The van der Waals surface area contributed by atoms with E-state index < -0.39 is 0 Å². The highest BCUT2D eigenvalue weighted by atomic mass is 35.5. The van der Waals surface area contributed by atoms with Gasteiger partial charge in [0, 0.05) is 23.0 Å². The summed E-state index contributed by atoms with van der Waals surface area (Å²) >= 11 is 5.90. The minimum atomic E-state index is -0.158. The van der Waals surface area contributed by atoms with Gasteiger partial charge in [0.25, 0.3) is 0 Å². The van der Waals surface area contributed by atoms with E-state index in [2.05, 4.69) is 15.5 Å². The largest absolute Gasteiger partial charge is 0.308 e. The van der Waals surface area contributed by atoms with Crippen LogP contribution in [0.15, 0.2) is 42.6 Å². The van der Waals surface area contributed by atoms with E-state index >= 15 is 0 Å². The summed E-state index contributed by atoms with van der Waals surface area (Å²) in [5.41, 5.74) is 2.94. The molecule has 0 fully saturated rings. The molecule has 0 unspecified atom stereocenters. The van der Waals surface area contributed by atoms with Gasteiger partial charge in [-0.25, -0.2) is 0 Å². The first-order chi connectivity index (χ1) is 11.5. The number of aryl methyl sites for hydroxylation is 2. The lowest BCUT2D eigenvalue weighted by Gasteiger charge is -2.05. The Hall–Kier alpha value is -2.60. The van der Waals surface area contributed by atoms with Crippen molar-refractivity contribution in [2.45, 2.75) is 26.9 Å². The standard InChI is InChI=1S/C17H18ClN5O/c1-12-7-8-22(20-12)11-17(24)19-16-9-13(2)23(21-16)10-14-3-5-15(18)6-4-14/h3-9H,10-11H2,1-2H3,(H,19,21,24). The summed E-state index contributed by atoms with van der Waals surface area (Å²) in [7, 11) is 0. The van der Waals surface area contributed by atoms with Crippen LogP contribution in [-0.4, -0.2) is 25.5 Å². The second-order valence-electron chi connectivity index (χ2n) is 5.66. The Morgan fingerprint density at radius 1 is 1.17 bits per heavy atom. The molecule has 0 radical (unpaired) electrons. The molecule has 0 atom stereocenters. The summed E-state index contributed by atoms with van der Waals surface area (Å²) in [6.07, 6.45) is 1.78. The van der Waals surface area contributed by atoms with Gasteiger partial charge in [-0.15, -0.1) is 0 Å². The molecule has 7 heteroatoms. The summed E-state index contributed by atoms with van der Waals surface area (Å²) < 4.78 is 3.44. The van der Waals surface area contributed by atoms with E-state index in [0.717, 1.165) is 17.0 Å². The van der Waals surface area contributed by atoms with Gasteiger partial charge in [0.05, 0.1) is 12.2 Å². The number of nitrogens with one attached hydrogen (secondary N) is 1. The molecule has 124 valence electrons. The summed E-state index contributed by atoms with van der Waals surface area (Å²) in [6.45, 7) is 4.62. The first-order valence-corrected chi connectivity index (χ1v) is 7.96. The van der Waals surface area contributed by atoms with Gasteiger partial charge in [-0.05, 0) is 37.6 Å². The van der Waals surface area contributed by atoms with Gasteiger partial charge < -0.3 is 5.32 Å². The van der Waals surface area contributed by atoms with Gasteiger partial charge in [-0.1, -0.05) is 23.7 Å². The zero-order chi connectivity index (χ0) is 17.1. The SMILES string of the molecule is Cc1ccn(CC(=O)Nc2cc(C)n(Cc3ccc(Cl)cc3)n2)n1. The summed E-state index contributed by atoms with van der Waals surface area (Å²) in [5, 5.41) is 12.1. The average Bonchev–Trinajstić information content (AvgIpc) is 3.07. The van der Waals surface area contributed by atoms with Crippen molar-refractivity contribution in [1.82, 2.24) is 19.6 Å². The van der Waals surface area contributed by atoms with Crippen molar-refractivity contribution < 1.29 is 4.79 Å². The topological polar surface area (TPSA) is 64.7 Å². The number of hydrogen-bond donors (Lipinski definition) is 1. The van der Waals surface area contributed by atoms with Crippen molar-refractivity contribution in [3.05, 3.63) is 64.6 Å². The van der Waals surface area contributed by atoms with Crippen LogP contribution in [0.1, 0.15) is 17.0 Å². The second-order valence-corrected chi connectivity index (χ2v) is 6.09. The Bertz CT molecular complexity index is 850. The summed E-state index contributed by atoms with van der Waals surface area (Å²) in [4.78, 5) is 12.1. The molecule has 3 aromatic rings. The fourth-order valence-electron chi connectivity index (χ4n) is 2.37. The average molecular weight is 344 g/mol. The molecule has 0 aliphatic carbocycles. The van der Waals surface area contributed by atoms with Crippen LogP contribution < -0.4 is 5.32 Å². The Kier molecular flexibility index (Phi) is 4.66. The lowest BCUT2D eigenvalue weighted by atomic mass is 10.2. The molecule has 24 heavy (non-hydrogen) atoms. The zero-order valence-corrected chi connectivity index (χ0v) is 14.3. The van der Waals surface area contributed by atoms with Gasteiger partial charge in [-0.3, -0.25) is 14.2 Å². The number of aromatic nitrogens is 4. The van der Waals surface area contributed by atoms with Crippen LogP contribution in [0.5, 0.6) is 0 Å². The van der Waals surface area contributed by atoms with E-state index in [9.17, 15) is 4.79 Å². The second kappa shape index (κ2) is 6.88. The lowest BCUT2D eigenvalue weighted by molar-refractivity contribution is -0.116. The smallest absolute Gasteiger partial charge is 0.247 e. The molecule has 0 aliphatic heterocycles. The van der Waals surface area contributed by atoms with Crippen LogP contribution in [0.2, 0.25) is 5.02 Å². The molecule has 2 aromatic heterocycles. The minimum Gasteiger partial charge on any atom is -0.308 e. The van der Waals surface area contributed by atoms with Crippen LogP contribution in [-0.2, 0) is 17.9 Å². The predicted octanol–water partition coefficient (Wildman–Crippen LogP) is 3.04. The maximum atomic E-state index is 12.1. The van der Waals surface area contributed by atoms with Gasteiger partial charge in [0.2, 0.25) is 5.91 Å². The number of halogens is 1. The number of nitrogens with zero attached hydrogens (tertiary/aromatic N) is 4.